The minimum atomic E-state index is 0.0130. The number of rotatable bonds is 8. The number of ether oxygens (including phenoxy) is 1. The quantitative estimate of drug-likeness (QED) is 0.710. The van der Waals surface area contributed by atoms with Gasteiger partial charge in [0.2, 0.25) is 5.91 Å². The normalized spacial score (nSPS) is 10.9. The van der Waals surface area contributed by atoms with Gasteiger partial charge in [-0.2, -0.15) is 0 Å². The van der Waals surface area contributed by atoms with Gasteiger partial charge in [0.05, 0.1) is 12.2 Å². The summed E-state index contributed by atoms with van der Waals surface area (Å²) in [6.45, 7) is 9.80. The number of carbonyl (C=O) groups excluding carboxylic acids is 1. The molecule has 0 aliphatic carbocycles. The zero-order chi connectivity index (χ0) is 17.5. The molecule has 0 fully saturated rings. The van der Waals surface area contributed by atoms with Crippen molar-refractivity contribution in [1.29, 1.82) is 0 Å². The molecule has 0 radical (unpaired) electrons. The molecule has 0 saturated carbocycles. The fraction of sp³-hybridized carbons (Fsp3) is 0.474. The topological polar surface area (TPSA) is 42.4 Å². The van der Waals surface area contributed by atoms with E-state index in [1.165, 1.54) is 0 Å². The Morgan fingerprint density at radius 3 is 2.75 bits per heavy atom. The average molecular weight is 346 g/mol. The first-order chi connectivity index (χ1) is 11.5. The highest BCUT2D eigenvalue weighted by Gasteiger charge is 2.17. The van der Waals surface area contributed by atoms with Gasteiger partial charge in [0.15, 0.2) is 0 Å². The van der Waals surface area contributed by atoms with Crippen molar-refractivity contribution in [2.24, 2.45) is 5.92 Å². The zero-order valence-corrected chi connectivity index (χ0v) is 15.7. The van der Waals surface area contributed by atoms with Crippen molar-refractivity contribution in [3.05, 3.63) is 45.9 Å². The maximum absolute atomic E-state index is 12.3. The number of carbonyl (C=O) groups is 1. The molecule has 0 aliphatic rings. The van der Waals surface area contributed by atoms with Gasteiger partial charge in [-0.05, 0) is 25.0 Å². The lowest BCUT2D eigenvalue weighted by Gasteiger charge is -2.23. The molecule has 0 aliphatic heterocycles. The molecular formula is C19H26N2O2S. The fourth-order valence-corrected chi connectivity index (χ4v) is 3.14. The van der Waals surface area contributed by atoms with E-state index in [-0.39, 0.29) is 11.8 Å². The van der Waals surface area contributed by atoms with Crippen LogP contribution < -0.4 is 4.74 Å². The number of thiazole rings is 1. The lowest BCUT2D eigenvalue weighted by molar-refractivity contribution is -0.135. The van der Waals surface area contributed by atoms with Crippen LogP contribution in [0.2, 0.25) is 0 Å². The second-order valence-corrected chi connectivity index (χ2v) is 7.14. The molecule has 2 aromatic rings. The monoisotopic (exact) mass is 346 g/mol. The Morgan fingerprint density at radius 2 is 2.08 bits per heavy atom. The second-order valence-electron chi connectivity index (χ2n) is 6.20. The van der Waals surface area contributed by atoms with Crippen molar-refractivity contribution in [3.63, 3.8) is 0 Å². The Hall–Kier alpha value is -1.88. The van der Waals surface area contributed by atoms with Crippen molar-refractivity contribution in [2.75, 3.05) is 6.54 Å². The molecule has 0 N–H and O–H groups in total. The van der Waals surface area contributed by atoms with Gasteiger partial charge in [-0.15, -0.1) is 11.3 Å². The van der Waals surface area contributed by atoms with Gasteiger partial charge >= 0.3 is 0 Å². The Labute approximate surface area is 148 Å². The first-order valence-electron chi connectivity index (χ1n) is 8.41. The first-order valence-corrected chi connectivity index (χ1v) is 9.29. The molecule has 130 valence electrons. The number of para-hydroxylation sites is 1. The van der Waals surface area contributed by atoms with E-state index < -0.39 is 0 Å². The summed E-state index contributed by atoms with van der Waals surface area (Å²) in [6.07, 6.45) is 0.950. The lowest BCUT2D eigenvalue weighted by Crippen LogP contribution is -2.34. The smallest absolute Gasteiger partial charge is 0.225 e. The molecule has 0 atom stereocenters. The number of benzene rings is 1. The molecule has 0 spiro atoms. The van der Waals surface area contributed by atoms with Crippen molar-refractivity contribution in [1.82, 2.24) is 9.88 Å². The summed E-state index contributed by atoms with van der Waals surface area (Å²) < 4.78 is 5.84. The van der Waals surface area contributed by atoms with Gasteiger partial charge in [0, 0.05) is 17.8 Å². The predicted octanol–water partition coefficient (Wildman–Crippen LogP) is 4.43. The van der Waals surface area contributed by atoms with E-state index in [4.69, 9.17) is 4.74 Å². The molecule has 0 unspecified atom stereocenters. The summed E-state index contributed by atoms with van der Waals surface area (Å²) in [5.74, 6) is 1.08. The highest BCUT2D eigenvalue weighted by molar-refractivity contribution is 7.09. The maximum atomic E-state index is 12.3. The minimum absolute atomic E-state index is 0.0130. The predicted molar refractivity (Wildman–Crippen MR) is 98.2 cm³/mol. The molecule has 1 amide bonds. The minimum Gasteiger partial charge on any atom is -0.486 e. The van der Waals surface area contributed by atoms with Gasteiger partial charge in [-0.1, -0.05) is 39.0 Å². The fourth-order valence-electron chi connectivity index (χ4n) is 2.44. The maximum Gasteiger partial charge on any atom is 0.225 e. The van der Waals surface area contributed by atoms with Crippen LogP contribution in [0.15, 0.2) is 29.6 Å². The molecule has 24 heavy (non-hydrogen) atoms. The van der Waals surface area contributed by atoms with Crippen molar-refractivity contribution >= 4 is 17.2 Å². The van der Waals surface area contributed by atoms with Gasteiger partial charge < -0.3 is 9.64 Å². The number of hydrogen-bond acceptors (Lipinski definition) is 4. The number of nitrogens with zero attached hydrogens (tertiary/aromatic N) is 2. The molecule has 1 heterocycles. The number of aromatic nitrogens is 1. The number of hydrogen-bond donors (Lipinski definition) is 0. The number of amides is 1. The van der Waals surface area contributed by atoms with E-state index in [1.54, 1.807) is 11.3 Å². The third-order valence-electron chi connectivity index (χ3n) is 3.70. The summed E-state index contributed by atoms with van der Waals surface area (Å²) in [6, 6.07) is 7.96. The third kappa shape index (κ3) is 5.06. The van der Waals surface area contributed by atoms with Crippen LogP contribution in [0.4, 0.5) is 0 Å². The highest BCUT2D eigenvalue weighted by atomic mass is 32.1. The Bertz CT molecular complexity index is 667. The molecule has 0 bridgehead atoms. The summed E-state index contributed by atoms with van der Waals surface area (Å²) in [4.78, 5) is 18.8. The van der Waals surface area contributed by atoms with Crippen LogP contribution in [0, 0.1) is 12.8 Å². The Morgan fingerprint density at radius 1 is 1.33 bits per heavy atom. The van der Waals surface area contributed by atoms with Gasteiger partial charge in [-0.3, -0.25) is 4.79 Å². The second kappa shape index (κ2) is 8.83. The van der Waals surface area contributed by atoms with Crippen molar-refractivity contribution in [3.8, 4) is 5.75 Å². The highest BCUT2D eigenvalue weighted by Crippen LogP contribution is 2.20. The molecule has 2 rings (SSSR count). The molecular weight excluding hydrogens is 320 g/mol. The van der Waals surface area contributed by atoms with E-state index in [1.807, 2.05) is 55.3 Å². The Kier molecular flexibility index (Phi) is 6.79. The van der Waals surface area contributed by atoms with Crippen LogP contribution in [0.25, 0.3) is 0 Å². The SMILES string of the molecule is CCCN(Cc1csc(COc2ccccc2C)n1)C(=O)C(C)C. The van der Waals surface area contributed by atoms with Crippen LogP contribution in [0.1, 0.15) is 43.5 Å². The van der Waals surface area contributed by atoms with Gasteiger partial charge in [0.25, 0.3) is 0 Å². The van der Waals surface area contributed by atoms with E-state index in [9.17, 15) is 4.79 Å². The summed E-state index contributed by atoms with van der Waals surface area (Å²) in [7, 11) is 0. The van der Waals surface area contributed by atoms with Gasteiger partial charge in [-0.25, -0.2) is 4.98 Å². The molecule has 4 nitrogen and oxygen atoms in total. The largest absolute Gasteiger partial charge is 0.486 e. The van der Waals surface area contributed by atoms with E-state index >= 15 is 0 Å². The average Bonchev–Trinajstić information content (AvgIpc) is 3.00. The van der Waals surface area contributed by atoms with Crippen molar-refractivity contribution in [2.45, 2.75) is 47.3 Å². The van der Waals surface area contributed by atoms with E-state index in [2.05, 4.69) is 11.9 Å². The molecule has 1 aromatic heterocycles. The van der Waals surface area contributed by atoms with E-state index in [0.717, 1.165) is 35.0 Å². The Balaban J connectivity index is 1.96. The van der Waals surface area contributed by atoms with Gasteiger partial charge in [0.1, 0.15) is 17.4 Å². The van der Waals surface area contributed by atoms with Crippen molar-refractivity contribution < 1.29 is 9.53 Å². The standard InChI is InChI=1S/C19H26N2O2S/c1-5-10-21(19(22)14(2)3)11-16-13-24-18(20-16)12-23-17-9-7-6-8-15(17)4/h6-9,13-14H,5,10-12H2,1-4H3. The van der Waals surface area contributed by atoms with Crippen LogP contribution >= 0.6 is 11.3 Å². The van der Waals surface area contributed by atoms with Crippen LogP contribution in [-0.2, 0) is 17.9 Å². The molecule has 1 aromatic carbocycles. The first kappa shape index (κ1) is 18.5. The zero-order valence-electron chi connectivity index (χ0n) is 14.9. The molecule has 0 saturated heterocycles. The summed E-state index contributed by atoms with van der Waals surface area (Å²) in [5, 5.41) is 2.95. The van der Waals surface area contributed by atoms with Crippen LogP contribution in [0.3, 0.4) is 0 Å². The third-order valence-corrected chi connectivity index (χ3v) is 4.57. The molecule has 5 heteroatoms. The lowest BCUT2D eigenvalue weighted by atomic mass is 10.2. The number of aryl methyl sites for hydroxylation is 1. The summed E-state index contributed by atoms with van der Waals surface area (Å²) >= 11 is 1.58. The van der Waals surface area contributed by atoms with Crippen LogP contribution in [-0.4, -0.2) is 22.3 Å². The van der Waals surface area contributed by atoms with Crippen LogP contribution in [0.5, 0.6) is 5.75 Å². The summed E-state index contributed by atoms with van der Waals surface area (Å²) in [5.41, 5.74) is 2.05. The van der Waals surface area contributed by atoms with E-state index in [0.29, 0.717) is 13.2 Å².